The van der Waals surface area contributed by atoms with E-state index in [0.29, 0.717) is 50.6 Å². The van der Waals surface area contributed by atoms with Gasteiger partial charge in [-0.2, -0.15) is 0 Å². The monoisotopic (exact) mass is 463 g/mol. The minimum atomic E-state index is -0.604. The number of halogens is 2. The Morgan fingerprint density at radius 2 is 2.00 bits per heavy atom. The summed E-state index contributed by atoms with van der Waals surface area (Å²) in [6.45, 7) is 6.22. The fourth-order valence-electron chi connectivity index (χ4n) is 4.21. The lowest BCUT2D eigenvalue weighted by Crippen LogP contribution is -2.37. The number of allylic oxidation sites excluding steroid dienone is 2. The zero-order valence-corrected chi connectivity index (χ0v) is 19.4. The number of nitrogens with one attached hydrogen (secondary N) is 2. The molecule has 30 heavy (non-hydrogen) atoms. The summed E-state index contributed by atoms with van der Waals surface area (Å²) in [5.74, 6) is 0.754. The fraction of sp³-hybridized carbons (Fsp3) is 0.409. The van der Waals surface area contributed by atoms with Gasteiger partial charge in [0.1, 0.15) is 5.82 Å². The number of ketones is 1. The van der Waals surface area contributed by atoms with Gasteiger partial charge in [0.25, 0.3) is 5.56 Å². The maximum Gasteiger partial charge on any atom is 0.257 e. The normalized spacial score (nSPS) is 19.9. The van der Waals surface area contributed by atoms with E-state index < -0.39 is 5.92 Å². The quantitative estimate of drug-likeness (QED) is 0.443. The van der Waals surface area contributed by atoms with Gasteiger partial charge in [-0.3, -0.25) is 9.59 Å². The van der Waals surface area contributed by atoms with Crippen molar-refractivity contribution >= 4 is 46.6 Å². The Morgan fingerprint density at radius 1 is 1.23 bits per heavy atom. The van der Waals surface area contributed by atoms with Gasteiger partial charge in [-0.25, -0.2) is 4.98 Å². The van der Waals surface area contributed by atoms with Crippen molar-refractivity contribution in [3.05, 3.63) is 61.0 Å². The van der Waals surface area contributed by atoms with Crippen LogP contribution in [0.3, 0.4) is 0 Å². The standard InChI is InChI=1S/C22H23Cl2N3O2S/c1-4-8-30-21-26-19-17(20(29)27-21)15(11-6-5-7-12(23)18(11)24)16-13(25-19)9-22(2,3)10-14(16)28/h5-7,15H,4,8-10H2,1-3H3,(H2,25,26,27,29)/t15-/m0/s1. The maximum atomic E-state index is 13.2. The lowest BCUT2D eigenvalue weighted by atomic mass is 9.69. The highest BCUT2D eigenvalue weighted by Crippen LogP contribution is 2.49. The van der Waals surface area contributed by atoms with E-state index in [2.05, 4.69) is 36.1 Å². The molecule has 1 aromatic carbocycles. The van der Waals surface area contributed by atoms with Gasteiger partial charge in [0.05, 0.1) is 15.6 Å². The number of H-pyrrole nitrogens is 1. The Balaban J connectivity index is 1.96. The Labute approximate surface area is 189 Å². The van der Waals surface area contributed by atoms with Gasteiger partial charge < -0.3 is 10.3 Å². The largest absolute Gasteiger partial charge is 0.343 e. The van der Waals surface area contributed by atoms with Crippen LogP contribution in [0.5, 0.6) is 0 Å². The molecule has 1 atom stereocenters. The first-order valence-electron chi connectivity index (χ1n) is 9.96. The molecule has 1 aliphatic heterocycles. The lowest BCUT2D eigenvalue weighted by Gasteiger charge is -2.38. The predicted octanol–water partition coefficient (Wildman–Crippen LogP) is 5.78. The van der Waals surface area contributed by atoms with Crippen LogP contribution in [-0.4, -0.2) is 21.5 Å². The summed E-state index contributed by atoms with van der Waals surface area (Å²) < 4.78 is 0. The van der Waals surface area contributed by atoms with Crippen LogP contribution in [0, 0.1) is 5.41 Å². The van der Waals surface area contributed by atoms with Gasteiger partial charge in [0, 0.05) is 29.4 Å². The van der Waals surface area contributed by atoms with Gasteiger partial charge in [0.2, 0.25) is 0 Å². The topological polar surface area (TPSA) is 74.8 Å². The summed E-state index contributed by atoms with van der Waals surface area (Å²) in [5.41, 5.74) is 2.02. The van der Waals surface area contributed by atoms with Crippen molar-refractivity contribution in [2.75, 3.05) is 11.1 Å². The van der Waals surface area contributed by atoms with Gasteiger partial charge in [-0.1, -0.05) is 67.9 Å². The van der Waals surface area contributed by atoms with Gasteiger partial charge in [0.15, 0.2) is 10.9 Å². The number of thioether (sulfide) groups is 1. The number of aromatic nitrogens is 2. The molecule has 0 spiro atoms. The summed E-state index contributed by atoms with van der Waals surface area (Å²) >= 11 is 14.3. The molecular formula is C22H23Cl2N3O2S. The van der Waals surface area contributed by atoms with Crippen LogP contribution < -0.4 is 10.9 Å². The Hall–Kier alpha value is -1.76. The van der Waals surface area contributed by atoms with Gasteiger partial charge in [-0.05, 0) is 29.9 Å². The smallest absolute Gasteiger partial charge is 0.257 e. The molecule has 0 radical (unpaired) electrons. The second kappa shape index (κ2) is 8.06. The first kappa shape index (κ1) is 21.5. The Bertz CT molecular complexity index is 1120. The predicted molar refractivity (Wildman–Crippen MR) is 123 cm³/mol. The first-order valence-corrected chi connectivity index (χ1v) is 11.7. The van der Waals surface area contributed by atoms with Crippen LogP contribution in [0.2, 0.25) is 10.0 Å². The van der Waals surface area contributed by atoms with Crippen LogP contribution in [-0.2, 0) is 4.79 Å². The molecule has 0 fully saturated rings. The van der Waals surface area contributed by atoms with Crippen LogP contribution in [0.4, 0.5) is 5.82 Å². The maximum absolute atomic E-state index is 13.2. The number of rotatable bonds is 4. The summed E-state index contributed by atoms with van der Waals surface area (Å²) in [6.07, 6.45) is 2.07. The number of Topliss-reactive ketones (excluding diaryl/α,β-unsaturated/α-hetero) is 1. The third-order valence-corrected chi connectivity index (χ3v) is 7.35. The van der Waals surface area contributed by atoms with Crippen molar-refractivity contribution in [2.45, 2.75) is 51.1 Å². The molecular weight excluding hydrogens is 441 g/mol. The highest BCUT2D eigenvalue weighted by Gasteiger charge is 2.43. The van der Waals surface area contributed by atoms with E-state index in [1.807, 2.05) is 6.07 Å². The molecule has 2 heterocycles. The van der Waals surface area contributed by atoms with Crippen molar-refractivity contribution in [2.24, 2.45) is 5.41 Å². The third kappa shape index (κ3) is 3.81. The number of benzene rings is 1. The summed E-state index contributed by atoms with van der Waals surface area (Å²) in [7, 11) is 0. The summed E-state index contributed by atoms with van der Waals surface area (Å²) in [5, 5.41) is 4.62. The molecule has 0 unspecified atom stereocenters. The summed E-state index contributed by atoms with van der Waals surface area (Å²) in [4.78, 5) is 34.0. The van der Waals surface area contributed by atoms with Crippen molar-refractivity contribution in [1.29, 1.82) is 0 Å². The zero-order chi connectivity index (χ0) is 21.6. The minimum Gasteiger partial charge on any atom is -0.343 e. The summed E-state index contributed by atoms with van der Waals surface area (Å²) in [6, 6.07) is 5.31. The fourth-order valence-corrected chi connectivity index (χ4v) is 5.35. The van der Waals surface area contributed by atoms with E-state index in [1.54, 1.807) is 12.1 Å². The number of carbonyl (C=O) groups excluding carboxylic acids is 1. The van der Waals surface area contributed by atoms with Gasteiger partial charge >= 0.3 is 0 Å². The average molecular weight is 464 g/mol. The number of anilines is 1. The number of carbonyl (C=O) groups is 1. The Kier molecular flexibility index (Phi) is 5.77. The van der Waals surface area contributed by atoms with Gasteiger partial charge in [-0.15, -0.1) is 0 Å². The van der Waals surface area contributed by atoms with Crippen LogP contribution in [0.25, 0.3) is 0 Å². The molecule has 2 aromatic rings. The van der Waals surface area contributed by atoms with E-state index >= 15 is 0 Å². The molecule has 2 aliphatic rings. The molecule has 5 nitrogen and oxygen atoms in total. The van der Waals surface area contributed by atoms with E-state index in [0.717, 1.165) is 17.9 Å². The van der Waals surface area contributed by atoms with Crippen molar-refractivity contribution in [1.82, 2.24) is 9.97 Å². The molecule has 0 bridgehead atoms. The molecule has 0 amide bonds. The molecule has 8 heteroatoms. The van der Waals surface area contributed by atoms with E-state index in [4.69, 9.17) is 23.2 Å². The lowest BCUT2D eigenvalue weighted by molar-refractivity contribution is -0.118. The zero-order valence-electron chi connectivity index (χ0n) is 17.1. The third-order valence-electron chi connectivity index (χ3n) is 5.44. The average Bonchev–Trinajstić information content (AvgIpc) is 2.66. The second-order valence-corrected chi connectivity index (χ2v) is 10.4. The highest BCUT2D eigenvalue weighted by atomic mass is 35.5. The molecule has 158 valence electrons. The Morgan fingerprint density at radius 3 is 2.73 bits per heavy atom. The number of aromatic amines is 1. The number of hydrogen-bond acceptors (Lipinski definition) is 5. The van der Waals surface area contributed by atoms with Crippen molar-refractivity contribution in [3.8, 4) is 0 Å². The minimum absolute atomic E-state index is 0.0178. The van der Waals surface area contributed by atoms with E-state index in [9.17, 15) is 9.59 Å². The van der Waals surface area contributed by atoms with Crippen molar-refractivity contribution < 1.29 is 4.79 Å². The first-order chi connectivity index (χ1) is 14.2. The van der Waals surface area contributed by atoms with Crippen LogP contribution in [0.1, 0.15) is 57.1 Å². The van der Waals surface area contributed by atoms with Crippen molar-refractivity contribution in [3.63, 3.8) is 0 Å². The molecule has 1 aromatic heterocycles. The molecule has 0 saturated carbocycles. The molecule has 0 saturated heterocycles. The molecule has 2 N–H and O–H groups in total. The highest BCUT2D eigenvalue weighted by molar-refractivity contribution is 7.99. The second-order valence-electron chi connectivity index (χ2n) is 8.52. The number of fused-ring (bicyclic) bond motifs is 1. The molecule has 1 aliphatic carbocycles. The van der Waals surface area contributed by atoms with E-state index in [-0.39, 0.29) is 16.8 Å². The SMILES string of the molecule is CCCSc1nc2c(c(=O)[nH]1)[C@@H](c1cccc(Cl)c1Cl)C1=C(CC(C)(C)CC1=O)N2. The number of nitrogens with zero attached hydrogens (tertiary/aromatic N) is 1. The van der Waals surface area contributed by atoms with Crippen LogP contribution in [0.15, 0.2) is 39.4 Å². The van der Waals surface area contributed by atoms with Crippen LogP contribution >= 0.6 is 35.0 Å². The van der Waals surface area contributed by atoms with E-state index in [1.165, 1.54) is 11.8 Å². The molecule has 4 rings (SSSR count). The number of hydrogen-bond donors (Lipinski definition) is 2.